The van der Waals surface area contributed by atoms with Gasteiger partial charge in [-0.3, -0.25) is 4.79 Å². The fourth-order valence-electron chi connectivity index (χ4n) is 2.50. The van der Waals surface area contributed by atoms with Crippen LogP contribution in [0.1, 0.15) is 32.6 Å². The highest BCUT2D eigenvalue weighted by atomic mass is 16.2. The van der Waals surface area contributed by atoms with Gasteiger partial charge in [0, 0.05) is 19.0 Å². The van der Waals surface area contributed by atoms with Gasteiger partial charge in [-0.2, -0.15) is 0 Å². The minimum absolute atomic E-state index is 0.339. The number of nitrogens with one attached hydrogen (secondary N) is 1. The maximum atomic E-state index is 12.0. The molecule has 0 radical (unpaired) electrons. The molecule has 0 aromatic heterocycles. The van der Waals surface area contributed by atoms with Crippen molar-refractivity contribution >= 4 is 5.91 Å². The third kappa shape index (κ3) is 2.51. The van der Waals surface area contributed by atoms with Crippen molar-refractivity contribution in [3.05, 3.63) is 0 Å². The molecule has 86 valence electrons. The molecule has 0 bridgehead atoms. The van der Waals surface area contributed by atoms with Crippen molar-refractivity contribution in [2.24, 2.45) is 11.8 Å². The van der Waals surface area contributed by atoms with Crippen LogP contribution in [0, 0.1) is 11.8 Å². The van der Waals surface area contributed by atoms with Crippen LogP contribution in [-0.2, 0) is 4.79 Å². The molecule has 1 aliphatic carbocycles. The lowest BCUT2D eigenvalue weighted by Gasteiger charge is -2.27. The second-order valence-corrected chi connectivity index (χ2v) is 5.10. The molecular formula is C12H22N2O. The molecule has 0 spiro atoms. The summed E-state index contributed by atoms with van der Waals surface area (Å²) in [6.45, 7) is 4.34. The zero-order valence-electron chi connectivity index (χ0n) is 9.83. The Morgan fingerprint density at radius 3 is 2.73 bits per heavy atom. The van der Waals surface area contributed by atoms with Gasteiger partial charge in [0.1, 0.15) is 0 Å². The molecule has 1 N–H and O–H groups in total. The molecule has 1 amide bonds. The van der Waals surface area contributed by atoms with Crippen LogP contribution in [0.2, 0.25) is 0 Å². The van der Waals surface area contributed by atoms with Crippen LogP contribution in [0.25, 0.3) is 0 Å². The summed E-state index contributed by atoms with van der Waals surface area (Å²) in [4.78, 5) is 14.0. The van der Waals surface area contributed by atoms with Gasteiger partial charge < -0.3 is 10.2 Å². The van der Waals surface area contributed by atoms with Crippen molar-refractivity contribution in [3.63, 3.8) is 0 Å². The molecule has 1 heterocycles. The van der Waals surface area contributed by atoms with Crippen molar-refractivity contribution in [1.82, 2.24) is 10.2 Å². The summed E-state index contributed by atoms with van der Waals surface area (Å²) < 4.78 is 0. The molecule has 2 fully saturated rings. The molecule has 1 aliphatic heterocycles. The van der Waals surface area contributed by atoms with Gasteiger partial charge in [-0.05, 0) is 44.7 Å². The molecule has 0 aromatic rings. The highest BCUT2D eigenvalue weighted by molar-refractivity contribution is 5.81. The summed E-state index contributed by atoms with van der Waals surface area (Å²) in [5.41, 5.74) is 0. The maximum Gasteiger partial charge on any atom is 0.225 e. The number of hydrogen-bond acceptors (Lipinski definition) is 2. The first-order valence-corrected chi connectivity index (χ1v) is 6.17. The Kier molecular flexibility index (Phi) is 3.29. The van der Waals surface area contributed by atoms with E-state index in [-0.39, 0.29) is 0 Å². The van der Waals surface area contributed by atoms with E-state index in [0.29, 0.717) is 23.8 Å². The summed E-state index contributed by atoms with van der Waals surface area (Å²) in [7, 11) is 1.99. The van der Waals surface area contributed by atoms with Crippen LogP contribution >= 0.6 is 0 Å². The van der Waals surface area contributed by atoms with E-state index >= 15 is 0 Å². The second kappa shape index (κ2) is 4.52. The number of carbonyl (C=O) groups excluding carboxylic acids is 1. The molecule has 1 saturated heterocycles. The van der Waals surface area contributed by atoms with Crippen molar-refractivity contribution in [3.8, 4) is 0 Å². The summed E-state index contributed by atoms with van der Waals surface area (Å²) in [5, 5.41) is 3.39. The van der Waals surface area contributed by atoms with E-state index in [9.17, 15) is 4.79 Å². The van der Waals surface area contributed by atoms with Crippen molar-refractivity contribution in [2.75, 3.05) is 20.1 Å². The fraction of sp³-hybridized carbons (Fsp3) is 0.917. The minimum Gasteiger partial charge on any atom is -0.342 e. The average Bonchev–Trinajstić information content (AvgIpc) is 2.98. The second-order valence-electron chi connectivity index (χ2n) is 5.10. The molecular weight excluding hydrogens is 188 g/mol. The Morgan fingerprint density at radius 1 is 1.33 bits per heavy atom. The van der Waals surface area contributed by atoms with E-state index in [1.54, 1.807) is 0 Å². The summed E-state index contributed by atoms with van der Waals surface area (Å²) in [6, 6.07) is 0.472. The molecule has 3 atom stereocenters. The Morgan fingerprint density at radius 2 is 2.07 bits per heavy atom. The predicted molar refractivity (Wildman–Crippen MR) is 60.5 cm³/mol. The number of hydrogen-bond donors (Lipinski definition) is 1. The number of rotatable bonds is 2. The Bertz CT molecular complexity index is 234. The van der Waals surface area contributed by atoms with Crippen LogP contribution in [0.15, 0.2) is 0 Å². The lowest BCUT2D eigenvalue weighted by Crippen LogP contribution is -2.38. The van der Waals surface area contributed by atoms with E-state index < -0.39 is 0 Å². The molecule has 3 nitrogen and oxygen atoms in total. The van der Waals surface area contributed by atoms with Crippen LogP contribution in [-0.4, -0.2) is 37.0 Å². The smallest absolute Gasteiger partial charge is 0.225 e. The quantitative estimate of drug-likeness (QED) is 0.744. The molecule has 15 heavy (non-hydrogen) atoms. The predicted octanol–water partition coefficient (Wildman–Crippen LogP) is 1.24. The van der Waals surface area contributed by atoms with Crippen molar-refractivity contribution in [2.45, 2.75) is 38.6 Å². The minimum atomic E-state index is 0.339. The van der Waals surface area contributed by atoms with Crippen molar-refractivity contribution < 1.29 is 4.79 Å². The molecule has 2 rings (SSSR count). The van der Waals surface area contributed by atoms with Gasteiger partial charge in [-0.25, -0.2) is 0 Å². The highest BCUT2D eigenvalue weighted by Gasteiger charge is 2.41. The first kappa shape index (κ1) is 10.9. The number of amides is 1. The standard InChI is InChI=1S/C12H22N2O/c1-9-8-11(9)12(15)14(2)10-4-3-6-13-7-5-10/h9-11,13H,3-8H2,1-2H3. The molecule has 0 aromatic carbocycles. The zero-order chi connectivity index (χ0) is 10.8. The zero-order valence-corrected chi connectivity index (χ0v) is 9.83. The van der Waals surface area contributed by atoms with Crippen LogP contribution in [0.5, 0.6) is 0 Å². The first-order chi connectivity index (χ1) is 7.20. The molecule has 1 saturated carbocycles. The third-order valence-electron chi connectivity index (χ3n) is 3.87. The van der Waals surface area contributed by atoms with Gasteiger partial charge in [-0.15, -0.1) is 0 Å². The van der Waals surface area contributed by atoms with Gasteiger partial charge in [-0.1, -0.05) is 6.92 Å². The summed E-state index contributed by atoms with van der Waals surface area (Å²) >= 11 is 0. The maximum absolute atomic E-state index is 12.0. The number of nitrogens with zero attached hydrogens (tertiary/aromatic N) is 1. The fourth-order valence-corrected chi connectivity index (χ4v) is 2.50. The normalized spacial score (nSPS) is 35.7. The van der Waals surface area contributed by atoms with E-state index in [0.717, 1.165) is 32.4 Å². The molecule has 3 unspecified atom stereocenters. The van der Waals surface area contributed by atoms with E-state index in [2.05, 4.69) is 12.2 Å². The molecule has 3 heteroatoms. The lowest BCUT2D eigenvalue weighted by atomic mass is 10.1. The van der Waals surface area contributed by atoms with Gasteiger partial charge in [0.2, 0.25) is 5.91 Å². The third-order valence-corrected chi connectivity index (χ3v) is 3.87. The van der Waals surface area contributed by atoms with Gasteiger partial charge in [0.05, 0.1) is 0 Å². The SMILES string of the molecule is CC1CC1C(=O)N(C)C1CCCNCC1. The first-order valence-electron chi connectivity index (χ1n) is 6.17. The highest BCUT2D eigenvalue weighted by Crippen LogP contribution is 2.39. The van der Waals surface area contributed by atoms with Crippen LogP contribution in [0.3, 0.4) is 0 Å². The Labute approximate surface area is 92.2 Å². The van der Waals surface area contributed by atoms with Crippen LogP contribution < -0.4 is 5.32 Å². The Hall–Kier alpha value is -0.570. The summed E-state index contributed by atoms with van der Waals surface area (Å²) in [6.07, 6.45) is 4.58. The van der Waals surface area contributed by atoms with E-state index in [1.807, 2.05) is 11.9 Å². The van der Waals surface area contributed by atoms with Gasteiger partial charge >= 0.3 is 0 Å². The topological polar surface area (TPSA) is 32.3 Å². The Balaban J connectivity index is 1.87. The number of carbonyl (C=O) groups is 1. The average molecular weight is 210 g/mol. The molecule has 2 aliphatic rings. The lowest BCUT2D eigenvalue weighted by molar-refractivity contribution is -0.133. The van der Waals surface area contributed by atoms with Gasteiger partial charge in [0.15, 0.2) is 0 Å². The van der Waals surface area contributed by atoms with Gasteiger partial charge in [0.25, 0.3) is 0 Å². The van der Waals surface area contributed by atoms with E-state index in [1.165, 1.54) is 6.42 Å². The van der Waals surface area contributed by atoms with Crippen LogP contribution in [0.4, 0.5) is 0 Å². The largest absolute Gasteiger partial charge is 0.342 e. The van der Waals surface area contributed by atoms with Crippen molar-refractivity contribution in [1.29, 1.82) is 0 Å². The van der Waals surface area contributed by atoms with E-state index in [4.69, 9.17) is 0 Å². The summed E-state index contributed by atoms with van der Waals surface area (Å²) in [5.74, 6) is 1.35. The monoisotopic (exact) mass is 210 g/mol.